The Balaban J connectivity index is 2.59. The largest absolute Gasteiger partial charge is 0.481 e. The maximum absolute atomic E-state index is 10.3. The Morgan fingerprint density at radius 3 is 2.62 bits per heavy atom. The van der Waals surface area contributed by atoms with Gasteiger partial charge in [-0.1, -0.05) is 5.21 Å². The molecular formula is C6H7N3O4. The second-order valence-corrected chi connectivity index (χ2v) is 2.32. The molecule has 0 fully saturated rings. The summed E-state index contributed by atoms with van der Waals surface area (Å²) in [6, 6.07) is 0. The molecule has 13 heavy (non-hydrogen) atoms. The van der Waals surface area contributed by atoms with E-state index in [-0.39, 0.29) is 18.7 Å². The molecule has 0 radical (unpaired) electrons. The maximum atomic E-state index is 10.3. The predicted octanol–water partition coefficient (Wildman–Crippen LogP) is -0.549. The topological polar surface area (TPSA) is 105 Å². The number of aromatic carboxylic acids is 1. The lowest BCUT2D eigenvalue weighted by molar-refractivity contribution is -0.137. The first-order valence-corrected chi connectivity index (χ1v) is 3.45. The van der Waals surface area contributed by atoms with Crippen LogP contribution in [-0.2, 0) is 11.3 Å². The van der Waals surface area contributed by atoms with Gasteiger partial charge in [0.25, 0.3) is 0 Å². The second kappa shape index (κ2) is 3.65. The highest BCUT2D eigenvalue weighted by Crippen LogP contribution is 1.94. The smallest absolute Gasteiger partial charge is 0.358 e. The van der Waals surface area contributed by atoms with Gasteiger partial charge >= 0.3 is 11.9 Å². The summed E-state index contributed by atoms with van der Waals surface area (Å²) in [5.74, 6) is -2.14. The third-order valence-corrected chi connectivity index (χ3v) is 1.31. The minimum Gasteiger partial charge on any atom is -0.481 e. The van der Waals surface area contributed by atoms with Gasteiger partial charge in [0.1, 0.15) is 0 Å². The van der Waals surface area contributed by atoms with Crippen LogP contribution in [0.4, 0.5) is 0 Å². The molecule has 2 N–H and O–H groups in total. The molecule has 0 aliphatic heterocycles. The molecule has 7 heteroatoms. The molecule has 0 aliphatic carbocycles. The average molecular weight is 185 g/mol. The van der Waals surface area contributed by atoms with Gasteiger partial charge < -0.3 is 10.2 Å². The number of aryl methyl sites for hydroxylation is 1. The summed E-state index contributed by atoms with van der Waals surface area (Å²) >= 11 is 0. The fourth-order valence-corrected chi connectivity index (χ4v) is 0.716. The zero-order valence-electron chi connectivity index (χ0n) is 6.54. The van der Waals surface area contributed by atoms with Crippen LogP contribution in [-0.4, -0.2) is 37.1 Å². The minimum absolute atomic E-state index is 0.109. The van der Waals surface area contributed by atoms with E-state index in [1.807, 2.05) is 0 Å². The molecule has 70 valence electrons. The number of carboxylic acids is 2. The molecule has 0 spiro atoms. The van der Waals surface area contributed by atoms with Crippen molar-refractivity contribution in [1.29, 1.82) is 0 Å². The number of hydrogen-bond donors (Lipinski definition) is 2. The number of carboxylic acid groups (broad SMARTS) is 2. The van der Waals surface area contributed by atoms with Gasteiger partial charge in [0.15, 0.2) is 5.69 Å². The number of aliphatic carboxylic acids is 1. The number of hydrogen-bond acceptors (Lipinski definition) is 4. The molecule has 0 unspecified atom stereocenters. The predicted molar refractivity (Wildman–Crippen MR) is 39.2 cm³/mol. The summed E-state index contributed by atoms with van der Waals surface area (Å²) in [6.07, 6.45) is 1.08. The van der Waals surface area contributed by atoms with Gasteiger partial charge in [-0.05, 0) is 0 Å². The molecule has 0 bridgehead atoms. The molecule has 1 heterocycles. The highest BCUT2D eigenvalue weighted by molar-refractivity contribution is 5.84. The highest BCUT2D eigenvalue weighted by Gasteiger charge is 2.08. The Hall–Kier alpha value is -1.92. The van der Waals surface area contributed by atoms with Crippen molar-refractivity contribution in [2.75, 3.05) is 0 Å². The Morgan fingerprint density at radius 1 is 1.46 bits per heavy atom. The van der Waals surface area contributed by atoms with Crippen LogP contribution in [0.5, 0.6) is 0 Å². The van der Waals surface area contributed by atoms with Crippen molar-refractivity contribution < 1.29 is 19.8 Å². The molecule has 1 rings (SSSR count). The zero-order valence-corrected chi connectivity index (χ0v) is 6.54. The first kappa shape index (κ1) is 9.17. The lowest BCUT2D eigenvalue weighted by atomic mass is 10.4. The van der Waals surface area contributed by atoms with Gasteiger partial charge in [0.2, 0.25) is 0 Å². The lowest BCUT2D eigenvalue weighted by Crippen LogP contribution is -2.04. The molecule has 1 aromatic heterocycles. The summed E-state index contributed by atoms with van der Waals surface area (Å²) in [6.45, 7) is 0.121. The standard InChI is InChI=1S/C6H7N3O4/c10-5(11)1-2-9-3-4(6(12)13)7-8-9/h3H,1-2H2,(H,10,11)(H,12,13). The Labute approximate surface area is 72.6 Å². The van der Waals surface area contributed by atoms with E-state index in [0.717, 1.165) is 0 Å². The first-order valence-electron chi connectivity index (χ1n) is 3.45. The van der Waals surface area contributed by atoms with Crippen LogP contribution in [0.3, 0.4) is 0 Å². The molecule has 0 saturated carbocycles. The van der Waals surface area contributed by atoms with Crippen LogP contribution < -0.4 is 0 Å². The van der Waals surface area contributed by atoms with Crippen LogP contribution in [0.25, 0.3) is 0 Å². The Morgan fingerprint density at radius 2 is 2.15 bits per heavy atom. The third-order valence-electron chi connectivity index (χ3n) is 1.31. The fraction of sp³-hybridized carbons (Fsp3) is 0.333. The molecule has 0 aromatic carbocycles. The molecule has 0 atom stereocenters. The molecule has 0 amide bonds. The molecular weight excluding hydrogens is 178 g/mol. The van der Waals surface area contributed by atoms with Crippen molar-refractivity contribution in [2.24, 2.45) is 0 Å². The first-order chi connectivity index (χ1) is 6.09. The summed E-state index contributed by atoms with van der Waals surface area (Å²) in [4.78, 5) is 20.5. The van der Waals surface area contributed by atoms with Crippen molar-refractivity contribution in [3.63, 3.8) is 0 Å². The molecule has 0 saturated heterocycles. The van der Waals surface area contributed by atoms with Crippen molar-refractivity contribution in [2.45, 2.75) is 13.0 Å². The van der Waals surface area contributed by atoms with Gasteiger partial charge in [0.05, 0.1) is 19.2 Å². The van der Waals surface area contributed by atoms with Gasteiger partial charge in [-0.25, -0.2) is 4.79 Å². The van der Waals surface area contributed by atoms with Crippen LogP contribution in [0.2, 0.25) is 0 Å². The van der Waals surface area contributed by atoms with Crippen LogP contribution in [0.15, 0.2) is 6.20 Å². The number of rotatable bonds is 4. The summed E-state index contributed by atoms with van der Waals surface area (Å²) < 4.78 is 1.18. The van der Waals surface area contributed by atoms with Gasteiger partial charge in [-0.15, -0.1) is 5.10 Å². The monoisotopic (exact) mass is 185 g/mol. The van der Waals surface area contributed by atoms with Crippen LogP contribution >= 0.6 is 0 Å². The normalized spacial score (nSPS) is 9.85. The highest BCUT2D eigenvalue weighted by atomic mass is 16.4. The van der Waals surface area contributed by atoms with Gasteiger partial charge in [-0.3, -0.25) is 9.48 Å². The fourth-order valence-electron chi connectivity index (χ4n) is 0.716. The van der Waals surface area contributed by atoms with E-state index in [0.29, 0.717) is 0 Å². The summed E-state index contributed by atoms with van der Waals surface area (Å²) in [7, 11) is 0. The van der Waals surface area contributed by atoms with Gasteiger partial charge in [-0.2, -0.15) is 0 Å². The Kier molecular flexibility index (Phi) is 2.58. The van der Waals surface area contributed by atoms with Crippen molar-refractivity contribution in [3.8, 4) is 0 Å². The summed E-state index contributed by atoms with van der Waals surface area (Å²) in [5.41, 5.74) is -0.189. The zero-order chi connectivity index (χ0) is 9.84. The van der Waals surface area contributed by atoms with E-state index in [1.165, 1.54) is 10.9 Å². The number of nitrogens with zero attached hydrogens (tertiary/aromatic N) is 3. The minimum atomic E-state index is -1.18. The van der Waals surface area contributed by atoms with E-state index in [2.05, 4.69) is 10.3 Å². The second-order valence-electron chi connectivity index (χ2n) is 2.32. The van der Waals surface area contributed by atoms with E-state index < -0.39 is 11.9 Å². The average Bonchev–Trinajstić information content (AvgIpc) is 2.48. The van der Waals surface area contributed by atoms with Crippen molar-refractivity contribution >= 4 is 11.9 Å². The SMILES string of the molecule is O=C(O)CCn1cc(C(=O)O)nn1. The quantitative estimate of drug-likeness (QED) is 0.652. The van der Waals surface area contributed by atoms with Crippen molar-refractivity contribution in [1.82, 2.24) is 15.0 Å². The van der Waals surface area contributed by atoms with E-state index in [9.17, 15) is 9.59 Å². The Bertz CT molecular complexity index is 332. The van der Waals surface area contributed by atoms with E-state index >= 15 is 0 Å². The number of carbonyl (C=O) groups is 2. The molecule has 7 nitrogen and oxygen atoms in total. The van der Waals surface area contributed by atoms with Crippen LogP contribution in [0.1, 0.15) is 16.9 Å². The van der Waals surface area contributed by atoms with Gasteiger partial charge in [0, 0.05) is 0 Å². The number of aromatic nitrogens is 3. The summed E-state index contributed by atoms with van der Waals surface area (Å²) in [5, 5.41) is 23.5. The maximum Gasteiger partial charge on any atom is 0.358 e. The van der Waals surface area contributed by atoms with Crippen molar-refractivity contribution in [3.05, 3.63) is 11.9 Å². The lowest BCUT2D eigenvalue weighted by Gasteiger charge is -1.93. The van der Waals surface area contributed by atoms with Crippen LogP contribution in [0, 0.1) is 0 Å². The van der Waals surface area contributed by atoms with E-state index in [1.54, 1.807) is 0 Å². The third kappa shape index (κ3) is 2.55. The molecule has 0 aliphatic rings. The van der Waals surface area contributed by atoms with E-state index in [4.69, 9.17) is 10.2 Å². The molecule has 1 aromatic rings.